The lowest BCUT2D eigenvalue weighted by atomic mass is 9.88. The van der Waals surface area contributed by atoms with Crippen LogP contribution >= 0.6 is 15.9 Å². The van der Waals surface area contributed by atoms with Gasteiger partial charge in [-0.3, -0.25) is 4.90 Å². The standard InChI is InChI=1S/C25H24BrNO/c26-24-16-21-13-15-27(14-7-10-19-8-3-1-4-9-19)18-23(22(21)17-25(24)28)20-11-5-2-6-12-20/h1-12,16-17,23,28H,13-15,18H2/b10-7+/t23-/m1/s1. The van der Waals surface area contributed by atoms with Crippen molar-refractivity contribution in [3.8, 4) is 5.75 Å². The van der Waals surface area contributed by atoms with Gasteiger partial charge in [-0.05, 0) is 56.7 Å². The average molecular weight is 434 g/mol. The van der Waals surface area contributed by atoms with Gasteiger partial charge in [0.2, 0.25) is 0 Å². The first-order valence-electron chi connectivity index (χ1n) is 9.71. The van der Waals surface area contributed by atoms with Crippen molar-refractivity contribution in [2.75, 3.05) is 19.6 Å². The molecule has 3 aromatic carbocycles. The molecule has 0 spiro atoms. The molecule has 1 N–H and O–H groups in total. The number of rotatable bonds is 4. The summed E-state index contributed by atoms with van der Waals surface area (Å²) in [5.41, 5.74) is 5.08. The van der Waals surface area contributed by atoms with Crippen LogP contribution < -0.4 is 0 Å². The van der Waals surface area contributed by atoms with Crippen molar-refractivity contribution < 1.29 is 5.11 Å². The maximum absolute atomic E-state index is 10.3. The van der Waals surface area contributed by atoms with E-state index in [1.165, 1.54) is 22.3 Å². The number of fused-ring (bicyclic) bond motifs is 1. The van der Waals surface area contributed by atoms with Crippen LogP contribution in [-0.4, -0.2) is 29.6 Å². The molecule has 1 heterocycles. The van der Waals surface area contributed by atoms with E-state index in [-0.39, 0.29) is 5.92 Å². The highest BCUT2D eigenvalue weighted by atomic mass is 79.9. The van der Waals surface area contributed by atoms with Gasteiger partial charge in [0.05, 0.1) is 4.47 Å². The minimum Gasteiger partial charge on any atom is -0.507 e. The number of halogens is 1. The fourth-order valence-corrected chi connectivity index (χ4v) is 4.32. The smallest absolute Gasteiger partial charge is 0.130 e. The first-order valence-corrected chi connectivity index (χ1v) is 10.5. The molecule has 28 heavy (non-hydrogen) atoms. The van der Waals surface area contributed by atoms with E-state index in [0.717, 1.165) is 30.5 Å². The average Bonchev–Trinajstić information content (AvgIpc) is 2.90. The molecule has 3 heteroatoms. The van der Waals surface area contributed by atoms with Gasteiger partial charge in [-0.25, -0.2) is 0 Å². The quantitative estimate of drug-likeness (QED) is 0.556. The minimum atomic E-state index is 0.253. The van der Waals surface area contributed by atoms with Crippen LogP contribution in [0, 0.1) is 0 Å². The van der Waals surface area contributed by atoms with Crippen molar-refractivity contribution in [1.82, 2.24) is 4.90 Å². The number of benzene rings is 3. The Morgan fingerprint density at radius 2 is 1.71 bits per heavy atom. The van der Waals surface area contributed by atoms with E-state index < -0.39 is 0 Å². The van der Waals surface area contributed by atoms with Gasteiger partial charge in [-0.1, -0.05) is 72.8 Å². The molecule has 0 bridgehead atoms. The molecule has 0 aliphatic carbocycles. The second-order valence-corrected chi connectivity index (χ2v) is 8.14. The molecular formula is C25H24BrNO. The molecule has 1 aliphatic rings. The molecule has 0 saturated carbocycles. The number of hydrogen-bond donors (Lipinski definition) is 1. The van der Waals surface area contributed by atoms with E-state index in [9.17, 15) is 5.11 Å². The predicted octanol–water partition coefficient (Wildman–Crippen LogP) is 5.86. The number of hydrogen-bond acceptors (Lipinski definition) is 2. The highest BCUT2D eigenvalue weighted by molar-refractivity contribution is 9.10. The summed E-state index contributed by atoms with van der Waals surface area (Å²) in [6.45, 7) is 2.86. The van der Waals surface area contributed by atoms with Crippen molar-refractivity contribution in [3.05, 3.63) is 106 Å². The molecule has 0 unspecified atom stereocenters. The van der Waals surface area contributed by atoms with Gasteiger partial charge >= 0.3 is 0 Å². The molecule has 142 valence electrons. The number of aromatic hydroxyl groups is 1. The van der Waals surface area contributed by atoms with Crippen molar-refractivity contribution in [3.63, 3.8) is 0 Å². The summed E-state index contributed by atoms with van der Waals surface area (Å²) < 4.78 is 0.774. The van der Waals surface area contributed by atoms with E-state index in [2.05, 4.69) is 93.6 Å². The van der Waals surface area contributed by atoms with Gasteiger partial charge in [0, 0.05) is 25.6 Å². The van der Waals surface area contributed by atoms with E-state index in [1.54, 1.807) is 0 Å². The van der Waals surface area contributed by atoms with Crippen LogP contribution in [0.5, 0.6) is 5.75 Å². The molecule has 1 atom stereocenters. The maximum atomic E-state index is 10.3. The van der Waals surface area contributed by atoms with Crippen molar-refractivity contribution in [2.24, 2.45) is 0 Å². The van der Waals surface area contributed by atoms with Gasteiger partial charge in [0.15, 0.2) is 0 Å². The Hall–Kier alpha value is -2.36. The van der Waals surface area contributed by atoms with Crippen LogP contribution in [0.15, 0.2) is 83.3 Å². The molecule has 0 aromatic heterocycles. The zero-order chi connectivity index (χ0) is 19.3. The zero-order valence-corrected chi connectivity index (χ0v) is 17.3. The second kappa shape index (κ2) is 8.76. The van der Waals surface area contributed by atoms with Crippen molar-refractivity contribution in [1.29, 1.82) is 0 Å². The van der Waals surface area contributed by atoms with E-state index >= 15 is 0 Å². The molecule has 4 rings (SSSR count). The van der Waals surface area contributed by atoms with Gasteiger partial charge in [0.25, 0.3) is 0 Å². The Bertz CT molecular complexity index is 953. The predicted molar refractivity (Wildman–Crippen MR) is 120 cm³/mol. The molecule has 0 fully saturated rings. The third-order valence-corrected chi connectivity index (χ3v) is 6.03. The Kier molecular flexibility index (Phi) is 5.94. The van der Waals surface area contributed by atoms with Crippen molar-refractivity contribution >= 4 is 22.0 Å². The van der Waals surface area contributed by atoms with E-state index in [1.807, 2.05) is 12.1 Å². The SMILES string of the molecule is Oc1cc2c(cc1Br)CCN(C/C=C/c1ccccc1)C[C@@H]2c1ccccc1. The van der Waals surface area contributed by atoms with Crippen LogP contribution in [0.1, 0.15) is 28.2 Å². The first-order chi connectivity index (χ1) is 13.7. The van der Waals surface area contributed by atoms with Crippen LogP contribution in [0.2, 0.25) is 0 Å². The van der Waals surface area contributed by atoms with Crippen LogP contribution in [0.25, 0.3) is 6.08 Å². The largest absolute Gasteiger partial charge is 0.507 e. The Balaban J connectivity index is 1.60. The summed E-state index contributed by atoms with van der Waals surface area (Å²) in [5.74, 6) is 0.569. The summed E-state index contributed by atoms with van der Waals surface area (Å²) in [4.78, 5) is 2.50. The summed E-state index contributed by atoms with van der Waals surface area (Å²) in [6, 6.07) is 25.1. The van der Waals surface area contributed by atoms with Gasteiger partial charge in [0.1, 0.15) is 5.75 Å². The minimum absolute atomic E-state index is 0.253. The van der Waals surface area contributed by atoms with Gasteiger partial charge in [-0.2, -0.15) is 0 Å². The third-order valence-electron chi connectivity index (χ3n) is 5.40. The molecule has 3 aromatic rings. The molecule has 0 saturated heterocycles. The van der Waals surface area contributed by atoms with E-state index in [0.29, 0.717) is 5.75 Å². The van der Waals surface area contributed by atoms with Gasteiger partial charge in [-0.15, -0.1) is 0 Å². The third kappa shape index (κ3) is 4.37. The topological polar surface area (TPSA) is 23.5 Å². The second-order valence-electron chi connectivity index (χ2n) is 7.29. The Morgan fingerprint density at radius 3 is 2.46 bits per heavy atom. The summed E-state index contributed by atoms with van der Waals surface area (Å²) in [6.07, 6.45) is 5.43. The molecule has 1 aliphatic heterocycles. The van der Waals surface area contributed by atoms with Crippen LogP contribution in [0.3, 0.4) is 0 Å². The highest BCUT2D eigenvalue weighted by Gasteiger charge is 2.25. The monoisotopic (exact) mass is 433 g/mol. The Morgan fingerprint density at radius 1 is 1.00 bits per heavy atom. The van der Waals surface area contributed by atoms with Crippen molar-refractivity contribution in [2.45, 2.75) is 12.3 Å². The lowest BCUT2D eigenvalue weighted by Gasteiger charge is -2.24. The lowest BCUT2D eigenvalue weighted by Crippen LogP contribution is -2.29. The Labute approximate surface area is 175 Å². The normalized spacial score (nSPS) is 17.4. The zero-order valence-electron chi connectivity index (χ0n) is 15.8. The number of nitrogens with zero attached hydrogens (tertiary/aromatic N) is 1. The highest BCUT2D eigenvalue weighted by Crippen LogP contribution is 2.37. The fourth-order valence-electron chi connectivity index (χ4n) is 3.92. The summed E-state index contributed by atoms with van der Waals surface area (Å²) >= 11 is 3.48. The van der Waals surface area contributed by atoms with Gasteiger partial charge < -0.3 is 5.11 Å². The molecular weight excluding hydrogens is 410 g/mol. The fraction of sp³-hybridized carbons (Fsp3) is 0.200. The number of phenols is 1. The summed E-state index contributed by atoms with van der Waals surface area (Å²) in [7, 11) is 0. The molecule has 2 nitrogen and oxygen atoms in total. The molecule has 0 amide bonds. The van der Waals surface area contributed by atoms with Crippen LogP contribution in [0.4, 0.5) is 0 Å². The molecule has 0 radical (unpaired) electrons. The number of phenolic OH excluding ortho intramolecular Hbond substituents is 1. The lowest BCUT2D eigenvalue weighted by molar-refractivity contribution is 0.306. The van der Waals surface area contributed by atoms with Crippen LogP contribution in [-0.2, 0) is 6.42 Å². The van der Waals surface area contributed by atoms with E-state index in [4.69, 9.17) is 0 Å². The maximum Gasteiger partial charge on any atom is 0.130 e. The first kappa shape index (κ1) is 19.0. The summed E-state index contributed by atoms with van der Waals surface area (Å²) in [5, 5.41) is 10.3.